The first-order valence-electron chi connectivity index (χ1n) is 12.1. The predicted molar refractivity (Wildman–Crippen MR) is 154 cm³/mol. The van der Waals surface area contributed by atoms with Gasteiger partial charge in [-0.05, 0) is 48.7 Å². The standard InChI is InChI=1S/C24H33B3Cl2FN3O4/c1-2-37-22(35)20(12-16-3-7-17(30)8-4-16)32-21(34)19(31)11-15-5-9-18(10-6-15)33(14-23(25,26)29)24(27,36)13-28/h3-10,19-20,36H,2,11-14,25-27,31H2,1H3,(H,32,34). The number of carbonyl (C=O) groups is 2. The van der Waals surface area contributed by atoms with Crippen LogP contribution in [0.15, 0.2) is 48.5 Å². The molecule has 0 radical (unpaired) electrons. The molecule has 13 heteroatoms. The minimum Gasteiger partial charge on any atom is -0.464 e. The van der Waals surface area contributed by atoms with Gasteiger partial charge < -0.3 is 25.8 Å². The highest BCUT2D eigenvalue weighted by atomic mass is 35.5. The summed E-state index contributed by atoms with van der Waals surface area (Å²) in [6.07, 6.45) is 0.352. The maximum atomic E-state index is 13.2. The van der Waals surface area contributed by atoms with Gasteiger partial charge in [-0.25, -0.2) is 9.18 Å². The molecule has 1 amide bonds. The molecule has 198 valence electrons. The van der Waals surface area contributed by atoms with Crippen molar-refractivity contribution >= 4 is 64.3 Å². The summed E-state index contributed by atoms with van der Waals surface area (Å²) in [5.41, 5.74) is 7.00. The summed E-state index contributed by atoms with van der Waals surface area (Å²) in [5.74, 6) is -1.52. The zero-order valence-electron chi connectivity index (χ0n) is 21.6. The fourth-order valence-electron chi connectivity index (χ4n) is 3.72. The molecule has 0 aromatic heterocycles. The number of hydrogen-bond acceptors (Lipinski definition) is 6. The second-order valence-electron chi connectivity index (χ2n) is 9.78. The lowest BCUT2D eigenvalue weighted by molar-refractivity contribution is -0.147. The number of hydrogen-bond donors (Lipinski definition) is 3. The fourth-order valence-corrected chi connectivity index (χ4v) is 3.98. The Bertz CT molecular complexity index is 1040. The van der Waals surface area contributed by atoms with Crippen molar-refractivity contribution in [2.75, 3.05) is 23.9 Å². The van der Waals surface area contributed by atoms with Gasteiger partial charge in [-0.15, -0.1) is 23.2 Å². The number of aliphatic hydroxyl groups is 1. The van der Waals surface area contributed by atoms with Crippen LogP contribution in [0.5, 0.6) is 0 Å². The molecular formula is C24H33B3Cl2FN3O4. The summed E-state index contributed by atoms with van der Waals surface area (Å²) in [6.45, 7) is 2.17. The van der Waals surface area contributed by atoms with Crippen LogP contribution in [0.2, 0.25) is 0 Å². The molecular weight excluding hydrogens is 517 g/mol. The van der Waals surface area contributed by atoms with Gasteiger partial charge in [0.05, 0.1) is 18.5 Å². The van der Waals surface area contributed by atoms with Crippen LogP contribution in [-0.2, 0) is 27.2 Å². The van der Waals surface area contributed by atoms with Crippen LogP contribution in [0.4, 0.5) is 10.1 Å². The molecule has 0 saturated carbocycles. The van der Waals surface area contributed by atoms with E-state index in [0.717, 1.165) is 5.56 Å². The summed E-state index contributed by atoms with van der Waals surface area (Å²) in [5, 5.41) is 13.4. The number of ether oxygens (including phenoxy) is 1. The van der Waals surface area contributed by atoms with Crippen molar-refractivity contribution in [2.24, 2.45) is 5.73 Å². The first-order chi connectivity index (χ1) is 17.3. The Hall–Kier alpha value is -2.20. The highest BCUT2D eigenvalue weighted by molar-refractivity contribution is 6.62. The molecule has 0 spiro atoms. The second-order valence-corrected chi connectivity index (χ2v) is 11.1. The third-order valence-electron chi connectivity index (χ3n) is 5.65. The maximum absolute atomic E-state index is 13.2. The Kier molecular flexibility index (Phi) is 11.4. The van der Waals surface area contributed by atoms with Crippen molar-refractivity contribution in [1.29, 1.82) is 0 Å². The number of halogens is 3. The molecule has 0 aliphatic heterocycles. The van der Waals surface area contributed by atoms with Gasteiger partial charge in [0.15, 0.2) is 7.85 Å². The van der Waals surface area contributed by atoms with Gasteiger partial charge >= 0.3 is 5.97 Å². The molecule has 0 aliphatic carbocycles. The molecule has 0 fully saturated rings. The molecule has 2 aromatic carbocycles. The van der Waals surface area contributed by atoms with E-state index in [0.29, 0.717) is 17.8 Å². The van der Waals surface area contributed by atoms with E-state index in [-0.39, 0.29) is 25.3 Å². The summed E-state index contributed by atoms with van der Waals surface area (Å²) < 4.78 is 17.7. The molecule has 7 nitrogen and oxygen atoms in total. The Labute approximate surface area is 230 Å². The molecule has 37 heavy (non-hydrogen) atoms. The summed E-state index contributed by atoms with van der Waals surface area (Å²) in [6, 6.07) is 11.0. The normalized spacial score (nSPS) is 14.8. The van der Waals surface area contributed by atoms with Crippen LogP contribution in [0, 0.1) is 5.82 Å². The first-order valence-corrected chi connectivity index (χ1v) is 13.0. The largest absolute Gasteiger partial charge is 0.464 e. The monoisotopic (exact) mass is 549 g/mol. The van der Waals surface area contributed by atoms with Crippen molar-refractivity contribution in [3.05, 3.63) is 65.5 Å². The van der Waals surface area contributed by atoms with E-state index in [1.807, 2.05) is 27.8 Å². The number of esters is 1. The Morgan fingerprint density at radius 2 is 1.65 bits per heavy atom. The van der Waals surface area contributed by atoms with E-state index in [4.69, 9.17) is 33.7 Å². The summed E-state index contributed by atoms with van der Waals surface area (Å²) in [7, 11) is 5.30. The number of benzene rings is 2. The minimum absolute atomic E-state index is 0.0215. The lowest BCUT2D eigenvalue weighted by atomic mass is 9.68. The number of nitrogens with two attached hydrogens (primary N) is 1. The number of nitrogens with zero attached hydrogens (tertiary/aromatic N) is 1. The lowest BCUT2D eigenvalue weighted by Crippen LogP contribution is -2.56. The van der Waals surface area contributed by atoms with E-state index in [1.54, 1.807) is 43.9 Å². The maximum Gasteiger partial charge on any atom is 0.328 e. The van der Waals surface area contributed by atoms with Gasteiger partial charge in [-0.1, -0.05) is 24.3 Å². The van der Waals surface area contributed by atoms with Crippen molar-refractivity contribution in [2.45, 2.75) is 42.1 Å². The Morgan fingerprint density at radius 3 is 2.16 bits per heavy atom. The molecule has 3 unspecified atom stereocenters. The summed E-state index contributed by atoms with van der Waals surface area (Å²) in [4.78, 5) is 27.0. The third-order valence-corrected chi connectivity index (χ3v) is 6.28. The van der Waals surface area contributed by atoms with Crippen molar-refractivity contribution in [3.63, 3.8) is 0 Å². The topological polar surface area (TPSA) is 105 Å². The Morgan fingerprint density at radius 1 is 1.11 bits per heavy atom. The summed E-state index contributed by atoms with van der Waals surface area (Å²) >= 11 is 12.4. The van der Waals surface area contributed by atoms with E-state index in [2.05, 4.69) is 5.32 Å². The van der Waals surface area contributed by atoms with Crippen molar-refractivity contribution in [1.82, 2.24) is 5.32 Å². The van der Waals surface area contributed by atoms with Gasteiger partial charge in [0.2, 0.25) is 5.91 Å². The molecule has 0 saturated heterocycles. The molecule has 0 heterocycles. The highest BCUT2D eigenvalue weighted by Crippen LogP contribution is 2.25. The number of amides is 1. The van der Waals surface area contributed by atoms with Crippen molar-refractivity contribution < 1.29 is 23.8 Å². The smallest absolute Gasteiger partial charge is 0.328 e. The number of carbonyl (C=O) groups excluding carboxylic acids is 2. The van der Waals surface area contributed by atoms with Gasteiger partial charge in [0, 0.05) is 23.3 Å². The highest BCUT2D eigenvalue weighted by Gasteiger charge is 2.32. The third kappa shape index (κ3) is 9.89. The molecule has 3 atom stereocenters. The molecule has 2 aromatic rings. The number of rotatable bonds is 13. The molecule has 0 aliphatic rings. The number of anilines is 1. The minimum atomic E-state index is -1.32. The zero-order valence-corrected chi connectivity index (χ0v) is 23.2. The zero-order chi connectivity index (χ0) is 27.8. The van der Waals surface area contributed by atoms with Gasteiger partial charge in [-0.2, -0.15) is 0 Å². The van der Waals surface area contributed by atoms with E-state index in [9.17, 15) is 19.1 Å². The predicted octanol–water partition coefficient (Wildman–Crippen LogP) is -0.531. The van der Waals surface area contributed by atoms with Crippen LogP contribution in [0.3, 0.4) is 0 Å². The molecule has 2 rings (SSSR count). The molecule has 0 bridgehead atoms. The van der Waals surface area contributed by atoms with Crippen LogP contribution in [-0.4, -0.2) is 81.9 Å². The van der Waals surface area contributed by atoms with Crippen LogP contribution in [0.1, 0.15) is 18.1 Å². The second kappa shape index (κ2) is 13.6. The number of nitrogens with one attached hydrogen (secondary N) is 1. The first kappa shape index (κ1) is 31.0. The SMILES string of the molecule is BC(B)(Cl)CN(c1ccc(CC(N)C(=O)NC(Cc2ccc(F)cc2)C(=O)OCC)cc1)C(B)(O)CCl. The fraction of sp³-hybridized carbons (Fsp3) is 0.417. The average Bonchev–Trinajstić information content (AvgIpc) is 2.83. The Balaban J connectivity index is 2.11. The van der Waals surface area contributed by atoms with E-state index < -0.39 is 40.1 Å². The quantitative estimate of drug-likeness (QED) is 0.134. The molecule has 4 N–H and O–H groups in total. The van der Waals surface area contributed by atoms with Crippen LogP contribution in [0.25, 0.3) is 0 Å². The van der Waals surface area contributed by atoms with E-state index >= 15 is 0 Å². The van der Waals surface area contributed by atoms with Gasteiger partial charge in [0.1, 0.15) is 33.2 Å². The lowest BCUT2D eigenvalue weighted by Gasteiger charge is -2.41. The van der Waals surface area contributed by atoms with Gasteiger partial charge in [0.25, 0.3) is 0 Å². The van der Waals surface area contributed by atoms with Crippen molar-refractivity contribution in [3.8, 4) is 0 Å². The number of alkyl halides is 2. The van der Waals surface area contributed by atoms with Gasteiger partial charge in [-0.3, -0.25) is 4.79 Å². The van der Waals surface area contributed by atoms with Crippen LogP contribution >= 0.6 is 23.2 Å². The average molecular weight is 550 g/mol. The van der Waals surface area contributed by atoms with E-state index in [1.165, 1.54) is 12.1 Å². The van der Waals surface area contributed by atoms with Crippen LogP contribution < -0.4 is 16.0 Å².